The van der Waals surface area contributed by atoms with Crippen LogP contribution < -0.4 is 5.73 Å². The molecule has 88 valence electrons. The van der Waals surface area contributed by atoms with Crippen LogP contribution in [0.25, 0.3) is 10.9 Å². The maximum atomic E-state index is 5.94. The van der Waals surface area contributed by atoms with E-state index in [-0.39, 0.29) is 18.4 Å². The lowest BCUT2D eigenvalue weighted by Crippen LogP contribution is -2.21. The molecular formula is C13H19ClN2. The summed E-state index contributed by atoms with van der Waals surface area (Å²) in [6, 6.07) is 8.93. The summed E-state index contributed by atoms with van der Waals surface area (Å²) in [6.07, 6.45) is 1.96. The van der Waals surface area contributed by atoms with Crippen LogP contribution >= 0.6 is 12.4 Å². The van der Waals surface area contributed by atoms with E-state index in [1.54, 1.807) is 0 Å². The highest BCUT2D eigenvalue weighted by molar-refractivity contribution is 5.85. The van der Waals surface area contributed by atoms with Crippen molar-refractivity contribution in [3.05, 3.63) is 35.5 Å². The van der Waals surface area contributed by atoms with Gasteiger partial charge in [-0.05, 0) is 36.9 Å². The largest absolute Gasteiger partial charge is 0.358 e. The van der Waals surface area contributed by atoms with Crippen LogP contribution in [0.1, 0.15) is 24.6 Å². The minimum Gasteiger partial charge on any atom is -0.358 e. The zero-order valence-electron chi connectivity index (χ0n) is 9.79. The van der Waals surface area contributed by atoms with Crippen LogP contribution in [-0.4, -0.2) is 11.0 Å². The van der Waals surface area contributed by atoms with Gasteiger partial charge < -0.3 is 10.7 Å². The molecule has 0 saturated carbocycles. The molecule has 3 heteroatoms. The molecule has 2 nitrogen and oxygen atoms in total. The Kier molecular flexibility index (Phi) is 4.39. The molecule has 0 fully saturated rings. The number of aryl methyl sites for hydroxylation is 1. The van der Waals surface area contributed by atoms with Crippen molar-refractivity contribution < 1.29 is 0 Å². The summed E-state index contributed by atoms with van der Waals surface area (Å²) in [6.45, 7) is 4.24. The molecule has 0 spiro atoms. The van der Waals surface area contributed by atoms with E-state index in [1.165, 1.54) is 22.2 Å². The number of hydrogen-bond acceptors (Lipinski definition) is 1. The van der Waals surface area contributed by atoms with Gasteiger partial charge in [0, 0.05) is 23.7 Å². The smallest absolute Gasteiger partial charge is 0.0456 e. The van der Waals surface area contributed by atoms with Crippen LogP contribution in [0, 0.1) is 6.92 Å². The van der Waals surface area contributed by atoms with E-state index in [1.807, 2.05) is 0 Å². The number of aromatic nitrogens is 1. The molecule has 2 rings (SSSR count). The topological polar surface area (TPSA) is 41.8 Å². The van der Waals surface area contributed by atoms with Gasteiger partial charge in [-0.1, -0.05) is 18.6 Å². The quantitative estimate of drug-likeness (QED) is 0.848. The first-order valence-electron chi connectivity index (χ1n) is 5.53. The summed E-state index contributed by atoms with van der Waals surface area (Å²) in [7, 11) is 0. The molecule has 1 aromatic carbocycles. The second-order valence-electron chi connectivity index (χ2n) is 4.26. The van der Waals surface area contributed by atoms with Crippen molar-refractivity contribution in [2.24, 2.45) is 5.73 Å². The van der Waals surface area contributed by atoms with Crippen molar-refractivity contribution in [2.45, 2.75) is 32.7 Å². The molecule has 16 heavy (non-hydrogen) atoms. The van der Waals surface area contributed by atoms with Gasteiger partial charge in [-0.25, -0.2) is 0 Å². The van der Waals surface area contributed by atoms with Gasteiger partial charge in [-0.3, -0.25) is 0 Å². The SMILES string of the molecule is CCC(N)Cc1cc2cc(C)ccc2[nH]1.Cl. The van der Waals surface area contributed by atoms with Crippen LogP contribution in [0.2, 0.25) is 0 Å². The summed E-state index contributed by atoms with van der Waals surface area (Å²) >= 11 is 0. The Hall–Kier alpha value is -0.990. The number of nitrogens with one attached hydrogen (secondary N) is 1. The second kappa shape index (κ2) is 5.37. The molecule has 0 aliphatic carbocycles. The van der Waals surface area contributed by atoms with Crippen LogP contribution in [0.5, 0.6) is 0 Å². The molecule has 1 unspecified atom stereocenters. The maximum absolute atomic E-state index is 5.94. The second-order valence-corrected chi connectivity index (χ2v) is 4.26. The number of hydrogen-bond donors (Lipinski definition) is 2. The van der Waals surface area contributed by atoms with Crippen molar-refractivity contribution in [1.82, 2.24) is 4.98 Å². The third-order valence-electron chi connectivity index (χ3n) is 2.84. The first kappa shape index (κ1) is 13.1. The third-order valence-corrected chi connectivity index (χ3v) is 2.84. The molecule has 3 N–H and O–H groups in total. The predicted molar refractivity (Wildman–Crippen MR) is 72.3 cm³/mol. The fourth-order valence-corrected chi connectivity index (χ4v) is 1.85. The van der Waals surface area contributed by atoms with E-state index >= 15 is 0 Å². The Labute approximate surface area is 103 Å². The van der Waals surface area contributed by atoms with Gasteiger partial charge in [-0.15, -0.1) is 12.4 Å². The van der Waals surface area contributed by atoms with E-state index < -0.39 is 0 Å². The van der Waals surface area contributed by atoms with Gasteiger partial charge in [-0.2, -0.15) is 0 Å². The minimum atomic E-state index is 0. The lowest BCUT2D eigenvalue weighted by atomic mass is 10.1. The van der Waals surface area contributed by atoms with Crippen molar-refractivity contribution >= 4 is 23.3 Å². The van der Waals surface area contributed by atoms with Gasteiger partial charge in [0.05, 0.1) is 0 Å². The summed E-state index contributed by atoms with van der Waals surface area (Å²) in [5.41, 5.74) is 9.68. The van der Waals surface area contributed by atoms with E-state index in [2.05, 4.69) is 43.1 Å². The van der Waals surface area contributed by atoms with Gasteiger partial charge >= 0.3 is 0 Å². The van der Waals surface area contributed by atoms with E-state index in [0.717, 1.165) is 12.8 Å². The molecule has 2 aromatic rings. The van der Waals surface area contributed by atoms with Gasteiger partial charge in [0.1, 0.15) is 0 Å². The summed E-state index contributed by atoms with van der Waals surface area (Å²) in [4.78, 5) is 3.41. The fourth-order valence-electron chi connectivity index (χ4n) is 1.85. The average molecular weight is 239 g/mol. The van der Waals surface area contributed by atoms with Gasteiger partial charge in [0.25, 0.3) is 0 Å². The zero-order valence-corrected chi connectivity index (χ0v) is 10.6. The lowest BCUT2D eigenvalue weighted by molar-refractivity contribution is 0.639. The number of aromatic amines is 1. The highest BCUT2D eigenvalue weighted by Gasteiger charge is 2.04. The summed E-state index contributed by atoms with van der Waals surface area (Å²) in [5, 5.41) is 1.29. The number of nitrogens with two attached hydrogens (primary N) is 1. The van der Waals surface area contributed by atoms with E-state index in [4.69, 9.17) is 5.73 Å². The molecule has 0 amide bonds. The minimum absolute atomic E-state index is 0. The maximum Gasteiger partial charge on any atom is 0.0456 e. The highest BCUT2D eigenvalue weighted by Crippen LogP contribution is 2.17. The highest BCUT2D eigenvalue weighted by atomic mass is 35.5. The molecule has 0 aliphatic rings. The van der Waals surface area contributed by atoms with Crippen molar-refractivity contribution in [3.63, 3.8) is 0 Å². The normalized spacial score (nSPS) is 12.4. The lowest BCUT2D eigenvalue weighted by Gasteiger charge is -2.05. The first-order valence-corrected chi connectivity index (χ1v) is 5.53. The molecule has 1 atom stereocenters. The van der Waals surface area contributed by atoms with Crippen LogP contribution in [0.3, 0.4) is 0 Å². The Balaban J connectivity index is 0.00000128. The molecule has 1 aromatic heterocycles. The van der Waals surface area contributed by atoms with Gasteiger partial charge in [0.15, 0.2) is 0 Å². The van der Waals surface area contributed by atoms with Crippen LogP contribution in [0.15, 0.2) is 24.3 Å². The van der Waals surface area contributed by atoms with Crippen LogP contribution in [0.4, 0.5) is 0 Å². The third kappa shape index (κ3) is 2.77. The Morgan fingerprint density at radius 2 is 2.06 bits per heavy atom. The Morgan fingerprint density at radius 3 is 2.75 bits per heavy atom. The number of rotatable bonds is 3. The van der Waals surface area contributed by atoms with E-state index in [9.17, 15) is 0 Å². The van der Waals surface area contributed by atoms with Gasteiger partial charge in [0.2, 0.25) is 0 Å². The summed E-state index contributed by atoms with van der Waals surface area (Å²) < 4.78 is 0. The molecular weight excluding hydrogens is 220 g/mol. The number of benzene rings is 1. The van der Waals surface area contributed by atoms with Crippen molar-refractivity contribution in [3.8, 4) is 0 Å². The van der Waals surface area contributed by atoms with Crippen molar-refractivity contribution in [2.75, 3.05) is 0 Å². The molecule has 0 aliphatic heterocycles. The predicted octanol–water partition coefficient (Wildman–Crippen LogP) is 3.18. The average Bonchev–Trinajstić information content (AvgIpc) is 2.59. The summed E-state index contributed by atoms with van der Waals surface area (Å²) in [5.74, 6) is 0. The molecule has 0 saturated heterocycles. The molecule has 0 radical (unpaired) electrons. The molecule has 0 bridgehead atoms. The number of halogens is 1. The zero-order chi connectivity index (χ0) is 10.8. The standard InChI is InChI=1S/C13H18N2.ClH/c1-3-11(14)8-12-7-10-6-9(2)4-5-13(10)15-12;/h4-7,11,15H,3,8,14H2,1-2H3;1H. The molecule has 1 heterocycles. The fraction of sp³-hybridized carbons (Fsp3) is 0.385. The van der Waals surface area contributed by atoms with E-state index in [0.29, 0.717) is 0 Å². The Bertz CT molecular complexity index is 462. The number of H-pyrrole nitrogens is 1. The Morgan fingerprint density at radius 1 is 1.31 bits per heavy atom. The van der Waals surface area contributed by atoms with Crippen LogP contribution in [-0.2, 0) is 6.42 Å². The number of fused-ring (bicyclic) bond motifs is 1. The monoisotopic (exact) mass is 238 g/mol. The van der Waals surface area contributed by atoms with Crippen molar-refractivity contribution in [1.29, 1.82) is 0 Å². The first-order chi connectivity index (χ1) is 7.19.